The lowest BCUT2D eigenvalue weighted by Gasteiger charge is -2.37. The van der Waals surface area contributed by atoms with Crippen molar-refractivity contribution in [1.29, 1.82) is 0 Å². The number of aromatic amines is 1. The van der Waals surface area contributed by atoms with Crippen molar-refractivity contribution in [2.45, 2.75) is 44.2 Å². The lowest BCUT2D eigenvalue weighted by atomic mass is 9.93. The van der Waals surface area contributed by atoms with Crippen molar-refractivity contribution in [2.24, 2.45) is 0 Å². The van der Waals surface area contributed by atoms with E-state index in [0.717, 1.165) is 35.9 Å². The van der Waals surface area contributed by atoms with E-state index in [1.807, 2.05) is 36.5 Å². The van der Waals surface area contributed by atoms with Crippen molar-refractivity contribution in [3.63, 3.8) is 0 Å². The van der Waals surface area contributed by atoms with Crippen molar-refractivity contribution in [3.8, 4) is 0 Å². The smallest absolute Gasteiger partial charge is 0.246 e. The van der Waals surface area contributed by atoms with Crippen LogP contribution in [0.4, 0.5) is 0 Å². The summed E-state index contributed by atoms with van der Waals surface area (Å²) in [6.45, 7) is 0.940. The fourth-order valence-electron chi connectivity index (χ4n) is 4.40. The molecular formula is C23H26N4O2. The van der Waals surface area contributed by atoms with E-state index >= 15 is 0 Å². The lowest BCUT2D eigenvalue weighted by molar-refractivity contribution is -0.140. The number of aromatic nitrogens is 2. The van der Waals surface area contributed by atoms with Gasteiger partial charge in [-0.1, -0.05) is 37.1 Å². The molecule has 4 rings (SSSR count). The second-order valence-electron chi connectivity index (χ2n) is 7.69. The molecular weight excluding hydrogens is 364 g/mol. The molecule has 1 aliphatic rings. The number of amides is 2. The molecule has 1 fully saturated rings. The number of rotatable bonds is 8. The average Bonchev–Trinajstić information content (AvgIpc) is 3.42. The summed E-state index contributed by atoms with van der Waals surface area (Å²) in [5.74, 6) is -0.0649. The first-order valence-electron chi connectivity index (χ1n) is 10.2. The number of carbonyl (C=O) groups excluding carboxylic acids is 2. The van der Waals surface area contributed by atoms with E-state index < -0.39 is 5.54 Å². The number of hydrogen-bond donors (Lipinski definition) is 2. The normalized spacial score (nSPS) is 15.3. The average molecular weight is 390 g/mol. The molecule has 2 heterocycles. The molecule has 1 aliphatic carbocycles. The van der Waals surface area contributed by atoms with E-state index in [1.54, 1.807) is 17.3 Å². The maximum absolute atomic E-state index is 13.2. The fraction of sp³-hybridized carbons (Fsp3) is 0.348. The fourth-order valence-corrected chi connectivity index (χ4v) is 4.40. The highest BCUT2D eigenvalue weighted by Crippen LogP contribution is 2.35. The first-order chi connectivity index (χ1) is 14.2. The molecule has 6 nitrogen and oxygen atoms in total. The van der Waals surface area contributed by atoms with E-state index in [1.165, 1.54) is 5.39 Å². The van der Waals surface area contributed by atoms with Gasteiger partial charge in [0.2, 0.25) is 12.3 Å². The predicted molar refractivity (Wildman–Crippen MR) is 112 cm³/mol. The molecule has 1 saturated carbocycles. The van der Waals surface area contributed by atoms with Crippen molar-refractivity contribution < 1.29 is 9.59 Å². The van der Waals surface area contributed by atoms with Crippen molar-refractivity contribution in [2.75, 3.05) is 6.54 Å². The van der Waals surface area contributed by atoms with Crippen LogP contribution in [0.2, 0.25) is 0 Å². The molecule has 29 heavy (non-hydrogen) atoms. The maximum Gasteiger partial charge on any atom is 0.246 e. The van der Waals surface area contributed by atoms with E-state index in [0.29, 0.717) is 32.4 Å². The Morgan fingerprint density at radius 1 is 1.21 bits per heavy atom. The van der Waals surface area contributed by atoms with Gasteiger partial charge in [-0.25, -0.2) is 0 Å². The van der Waals surface area contributed by atoms with Gasteiger partial charge in [-0.05, 0) is 42.5 Å². The summed E-state index contributed by atoms with van der Waals surface area (Å²) < 4.78 is 0. The predicted octanol–water partition coefficient (Wildman–Crippen LogP) is 3.19. The molecule has 2 amide bonds. The van der Waals surface area contributed by atoms with Gasteiger partial charge in [0.25, 0.3) is 0 Å². The lowest BCUT2D eigenvalue weighted by Crippen LogP contribution is -2.57. The minimum atomic E-state index is -0.754. The monoisotopic (exact) mass is 390 g/mol. The molecule has 0 bridgehead atoms. The molecule has 150 valence electrons. The summed E-state index contributed by atoms with van der Waals surface area (Å²) in [6.07, 6.45) is 10.3. The Balaban J connectivity index is 1.47. The van der Waals surface area contributed by atoms with Gasteiger partial charge in [-0.2, -0.15) is 0 Å². The second-order valence-corrected chi connectivity index (χ2v) is 7.69. The van der Waals surface area contributed by atoms with Crippen molar-refractivity contribution >= 4 is 23.2 Å². The SMILES string of the molecule is O=CN(CCc1c[nH]c2ccccc12)C1(C(=O)NCc2cccnc2)CCCC1. The van der Waals surface area contributed by atoms with E-state index in [4.69, 9.17) is 0 Å². The molecule has 0 saturated heterocycles. The Morgan fingerprint density at radius 2 is 2.03 bits per heavy atom. The summed E-state index contributed by atoms with van der Waals surface area (Å²) in [5.41, 5.74) is 2.45. The highest BCUT2D eigenvalue weighted by molar-refractivity contribution is 5.88. The van der Waals surface area contributed by atoms with Gasteiger partial charge in [0.15, 0.2) is 0 Å². The number of para-hydroxylation sites is 1. The molecule has 0 aliphatic heterocycles. The van der Waals surface area contributed by atoms with Crippen LogP contribution < -0.4 is 5.32 Å². The molecule has 0 radical (unpaired) electrons. The van der Waals surface area contributed by atoms with Crippen molar-refractivity contribution in [3.05, 3.63) is 66.1 Å². The highest BCUT2D eigenvalue weighted by Gasteiger charge is 2.45. The number of fused-ring (bicyclic) bond motifs is 1. The number of nitrogens with zero attached hydrogens (tertiary/aromatic N) is 2. The van der Waals surface area contributed by atoms with Crippen LogP contribution in [0.3, 0.4) is 0 Å². The number of pyridine rings is 1. The Bertz CT molecular complexity index is 977. The molecule has 3 aromatic rings. The first kappa shape index (κ1) is 19.2. The third-order valence-electron chi connectivity index (χ3n) is 6.00. The highest BCUT2D eigenvalue weighted by atomic mass is 16.2. The topological polar surface area (TPSA) is 78.1 Å². The number of nitrogens with one attached hydrogen (secondary N) is 2. The second kappa shape index (κ2) is 8.47. The molecule has 0 spiro atoms. The quantitative estimate of drug-likeness (QED) is 0.580. The van der Waals surface area contributed by atoms with Crippen molar-refractivity contribution in [1.82, 2.24) is 20.2 Å². The summed E-state index contributed by atoms with van der Waals surface area (Å²) in [6, 6.07) is 11.9. The van der Waals surface area contributed by atoms with Crippen LogP contribution >= 0.6 is 0 Å². The number of carbonyl (C=O) groups is 2. The largest absolute Gasteiger partial charge is 0.361 e. The van der Waals surface area contributed by atoms with Gasteiger partial charge in [-0.3, -0.25) is 14.6 Å². The molecule has 6 heteroatoms. The Kier molecular flexibility index (Phi) is 5.60. The Morgan fingerprint density at radius 3 is 2.79 bits per heavy atom. The minimum absolute atomic E-state index is 0.0649. The van der Waals surface area contributed by atoms with Crippen LogP contribution in [0, 0.1) is 0 Å². The van der Waals surface area contributed by atoms with Crippen LogP contribution in [-0.4, -0.2) is 39.3 Å². The van der Waals surface area contributed by atoms with Crippen LogP contribution in [0.5, 0.6) is 0 Å². The number of H-pyrrole nitrogens is 1. The van der Waals surface area contributed by atoms with Crippen LogP contribution in [0.1, 0.15) is 36.8 Å². The summed E-state index contributed by atoms with van der Waals surface area (Å²) in [5, 5.41) is 4.20. The number of hydrogen-bond acceptors (Lipinski definition) is 3. The number of benzene rings is 1. The van der Waals surface area contributed by atoms with Crippen LogP contribution in [0.15, 0.2) is 55.0 Å². The zero-order chi connectivity index (χ0) is 20.1. The van der Waals surface area contributed by atoms with E-state index in [2.05, 4.69) is 21.4 Å². The molecule has 1 aromatic carbocycles. The van der Waals surface area contributed by atoms with Gasteiger partial charge in [-0.15, -0.1) is 0 Å². The Hall–Kier alpha value is -3.15. The van der Waals surface area contributed by atoms with Gasteiger partial charge in [0.05, 0.1) is 0 Å². The zero-order valence-electron chi connectivity index (χ0n) is 16.4. The zero-order valence-corrected chi connectivity index (χ0v) is 16.4. The summed E-state index contributed by atoms with van der Waals surface area (Å²) in [7, 11) is 0. The van der Waals surface area contributed by atoms with Crippen LogP contribution in [-0.2, 0) is 22.6 Å². The first-order valence-corrected chi connectivity index (χ1v) is 10.2. The third kappa shape index (κ3) is 3.88. The summed E-state index contributed by atoms with van der Waals surface area (Å²) in [4.78, 5) is 34.3. The minimum Gasteiger partial charge on any atom is -0.361 e. The Labute approximate surface area is 170 Å². The summed E-state index contributed by atoms with van der Waals surface area (Å²) >= 11 is 0. The van der Waals surface area contributed by atoms with Gasteiger partial charge >= 0.3 is 0 Å². The maximum atomic E-state index is 13.2. The molecule has 0 atom stereocenters. The van der Waals surface area contributed by atoms with E-state index in [9.17, 15) is 9.59 Å². The van der Waals surface area contributed by atoms with Gasteiger partial charge < -0.3 is 15.2 Å². The molecule has 2 N–H and O–H groups in total. The van der Waals surface area contributed by atoms with Gasteiger partial charge in [0.1, 0.15) is 5.54 Å². The molecule has 0 unspecified atom stereocenters. The molecule has 2 aromatic heterocycles. The van der Waals surface area contributed by atoms with Gasteiger partial charge in [0, 0.05) is 42.6 Å². The third-order valence-corrected chi connectivity index (χ3v) is 6.00. The van der Waals surface area contributed by atoms with Crippen LogP contribution in [0.25, 0.3) is 10.9 Å². The standard InChI is InChI=1S/C23H26N4O2/c28-17-27(13-9-19-16-25-21-8-2-1-7-20(19)21)23(10-3-4-11-23)22(29)26-15-18-6-5-12-24-14-18/h1-2,5-8,12,14,16-17,25H,3-4,9-11,13,15H2,(H,26,29). The van der Waals surface area contributed by atoms with E-state index in [-0.39, 0.29) is 5.91 Å².